The van der Waals surface area contributed by atoms with Crippen LogP contribution in [0.5, 0.6) is 0 Å². The highest BCUT2D eigenvalue weighted by Crippen LogP contribution is 2.67. The van der Waals surface area contributed by atoms with Crippen molar-refractivity contribution >= 4 is 92.3 Å². The molecular formula is C66H58N2S2Si2. The van der Waals surface area contributed by atoms with Crippen molar-refractivity contribution in [2.24, 2.45) is 0 Å². The molecule has 0 radical (unpaired) electrons. The van der Waals surface area contributed by atoms with E-state index in [1.807, 2.05) is 22.7 Å². The summed E-state index contributed by atoms with van der Waals surface area (Å²) in [6, 6.07) is 80.2. The lowest BCUT2D eigenvalue weighted by atomic mass is 9.55. The number of hydrogen-bond acceptors (Lipinski definition) is 4. The topological polar surface area (TPSA) is 6.48 Å². The van der Waals surface area contributed by atoms with E-state index in [2.05, 4.69) is 270 Å². The van der Waals surface area contributed by atoms with Crippen molar-refractivity contribution in [3.8, 4) is 0 Å². The van der Waals surface area contributed by atoms with E-state index in [-0.39, 0.29) is 0 Å². The van der Waals surface area contributed by atoms with Gasteiger partial charge in [-0.15, -0.1) is 22.7 Å². The Balaban J connectivity index is 1.26. The summed E-state index contributed by atoms with van der Waals surface area (Å²) in [5.74, 6) is 0. The Bertz CT molecular complexity index is 3330. The van der Waals surface area contributed by atoms with E-state index in [9.17, 15) is 0 Å². The summed E-state index contributed by atoms with van der Waals surface area (Å²) in [4.78, 5) is 7.93. The maximum atomic E-state index is 2.66. The van der Waals surface area contributed by atoms with Crippen molar-refractivity contribution < 1.29 is 0 Å². The summed E-state index contributed by atoms with van der Waals surface area (Å²) in [6.45, 7) is 19.2. The summed E-state index contributed by atoms with van der Waals surface area (Å²) >= 11 is 4.03. The van der Waals surface area contributed by atoms with Gasteiger partial charge in [0.25, 0.3) is 0 Å². The van der Waals surface area contributed by atoms with Crippen LogP contribution in [0.4, 0.5) is 32.8 Å². The lowest BCUT2D eigenvalue weighted by Gasteiger charge is -2.54. The molecule has 72 heavy (non-hydrogen) atoms. The minimum Gasteiger partial charge on any atom is -0.302 e. The molecule has 0 saturated carbocycles. The molecule has 2 aliphatic heterocycles. The van der Waals surface area contributed by atoms with Gasteiger partial charge in [-0.2, -0.15) is 0 Å². The molecule has 2 aromatic heterocycles. The predicted molar refractivity (Wildman–Crippen MR) is 314 cm³/mol. The summed E-state index contributed by atoms with van der Waals surface area (Å²) in [5, 5.41) is 8.50. The molecule has 8 aromatic carbocycles. The van der Waals surface area contributed by atoms with Gasteiger partial charge >= 0.3 is 0 Å². The zero-order valence-corrected chi connectivity index (χ0v) is 46.0. The minimum atomic E-state index is -2.24. The first kappa shape index (κ1) is 45.1. The van der Waals surface area contributed by atoms with E-state index >= 15 is 0 Å². The molecule has 0 N–H and O–H groups in total. The van der Waals surface area contributed by atoms with Crippen molar-refractivity contribution in [1.29, 1.82) is 0 Å². The molecule has 0 unspecified atom stereocenters. The predicted octanol–water partition coefficient (Wildman–Crippen LogP) is 15.3. The van der Waals surface area contributed by atoms with Crippen LogP contribution in [-0.2, 0) is 10.8 Å². The zero-order valence-electron chi connectivity index (χ0n) is 42.3. The number of nitrogens with zero attached hydrogens (tertiary/aromatic N) is 2. The van der Waals surface area contributed by atoms with E-state index in [4.69, 9.17) is 0 Å². The Morgan fingerprint density at radius 3 is 0.833 bits per heavy atom. The summed E-state index contributed by atoms with van der Waals surface area (Å²) in [5.41, 5.74) is 16.8. The molecular weight excluding hydrogens is 941 g/mol. The molecule has 0 atom stereocenters. The Hall–Kier alpha value is -6.81. The molecule has 0 bridgehead atoms. The van der Waals surface area contributed by atoms with Crippen LogP contribution < -0.4 is 30.5 Å². The second-order valence-electron chi connectivity index (χ2n) is 21.6. The van der Waals surface area contributed by atoms with E-state index in [0.717, 1.165) is 0 Å². The SMILES string of the molecule is Cc1cccc(N(c2cccc(C)c2)c2cc3c(s2)C2(c4ccccc4[Si](C)(C)c4ccccc42)c2cc(N(c4cccc(C)c4)c4cccc(C)c4)sc2C32c3ccccc3[Si](C)(C)c3ccccc32)c1. The molecule has 3 aliphatic rings. The number of rotatable bonds is 6. The lowest BCUT2D eigenvalue weighted by Crippen LogP contribution is -2.66. The third-order valence-electron chi connectivity index (χ3n) is 16.4. The summed E-state index contributed by atoms with van der Waals surface area (Å²) in [6.07, 6.45) is 0. The second kappa shape index (κ2) is 16.4. The van der Waals surface area contributed by atoms with Gasteiger partial charge in [-0.1, -0.05) is 172 Å². The van der Waals surface area contributed by atoms with Crippen LogP contribution in [0, 0.1) is 27.7 Å². The van der Waals surface area contributed by atoms with Crippen molar-refractivity contribution in [3.63, 3.8) is 0 Å². The fourth-order valence-corrected chi connectivity index (χ4v) is 22.7. The van der Waals surface area contributed by atoms with E-state index in [0.29, 0.717) is 0 Å². The molecule has 2 nitrogen and oxygen atoms in total. The molecule has 0 amide bonds. The fourth-order valence-electron chi connectivity index (χ4n) is 13.3. The van der Waals surface area contributed by atoms with Crippen molar-refractivity contribution in [2.45, 2.75) is 64.7 Å². The molecule has 10 aromatic rings. The summed E-state index contributed by atoms with van der Waals surface area (Å²) < 4.78 is 0. The van der Waals surface area contributed by atoms with Gasteiger partial charge in [0.1, 0.15) is 26.1 Å². The van der Waals surface area contributed by atoms with Gasteiger partial charge in [0.2, 0.25) is 0 Å². The molecule has 2 spiro atoms. The number of thiophene rings is 2. The standard InChI is InChI=1S/C66H58N2S2Si2/c1-43-21-17-25-47(37-43)67(48-26-18-22-44(2)38-48)61-41-55-63(69-61)66(53-31-11-15-35-59(53)72(7,8)60-36-16-12-32-54(60)66)56-42-62(68(49-27-19-23-45(3)39-49)50-28-20-24-46(4)40-50)70-64(56)65(55)51-29-9-13-33-57(51)71(5,6)58-34-14-10-30-52(58)65/h9-42H,1-8H3. The quantitative estimate of drug-likeness (QED) is 0.153. The molecule has 352 valence electrons. The van der Waals surface area contributed by atoms with Crippen LogP contribution in [0.2, 0.25) is 26.2 Å². The monoisotopic (exact) mass is 998 g/mol. The van der Waals surface area contributed by atoms with Crippen LogP contribution in [0.3, 0.4) is 0 Å². The Morgan fingerprint density at radius 2 is 0.569 bits per heavy atom. The Labute approximate surface area is 435 Å². The van der Waals surface area contributed by atoms with Gasteiger partial charge in [-0.25, -0.2) is 0 Å². The van der Waals surface area contributed by atoms with Gasteiger partial charge in [0.05, 0.1) is 10.8 Å². The van der Waals surface area contributed by atoms with Crippen LogP contribution in [-0.4, -0.2) is 16.1 Å². The molecule has 13 rings (SSSR count). The first-order valence-electron chi connectivity index (χ1n) is 25.4. The minimum absolute atomic E-state index is 0.646. The lowest BCUT2D eigenvalue weighted by molar-refractivity contribution is 0.646. The third-order valence-corrected chi connectivity index (χ3v) is 26.0. The van der Waals surface area contributed by atoms with Crippen LogP contribution in [0.25, 0.3) is 0 Å². The fraction of sp³-hybridized carbons (Fsp3) is 0.152. The number of aryl methyl sites for hydroxylation is 4. The van der Waals surface area contributed by atoms with Crippen molar-refractivity contribution in [1.82, 2.24) is 0 Å². The average molecular weight is 1000 g/mol. The van der Waals surface area contributed by atoms with Crippen LogP contribution in [0.15, 0.2) is 206 Å². The van der Waals surface area contributed by atoms with Crippen molar-refractivity contribution in [3.05, 3.63) is 272 Å². The number of fused-ring (bicyclic) bond motifs is 14. The second-order valence-corrected chi connectivity index (χ2v) is 32.3. The first-order chi connectivity index (χ1) is 34.8. The Morgan fingerprint density at radius 1 is 0.306 bits per heavy atom. The summed E-state index contributed by atoms with van der Waals surface area (Å²) in [7, 11) is -4.48. The van der Waals surface area contributed by atoms with Crippen LogP contribution in [0.1, 0.15) is 65.4 Å². The maximum absolute atomic E-state index is 2.66. The molecule has 4 heterocycles. The molecule has 0 fully saturated rings. The maximum Gasteiger partial charge on any atom is 0.113 e. The smallest absolute Gasteiger partial charge is 0.113 e. The zero-order chi connectivity index (χ0) is 49.3. The number of hydrogen-bond donors (Lipinski definition) is 0. The van der Waals surface area contributed by atoms with Gasteiger partial charge in [0.15, 0.2) is 0 Å². The normalized spacial score (nSPS) is 15.7. The highest BCUT2D eigenvalue weighted by Gasteiger charge is 2.62. The highest BCUT2D eigenvalue weighted by atomic mass is 32.1. The van der Waals surface area contributed by atoms with E-state index in [1.165, 1.54) is 119 Å². The van der Waals surface area contributed by atoms with Gasteiger partial charge in [-0.05, 0) is 165 Å². The molecule has 0 saturated heterocycles. The van der Waals surface area contributed by atoms with E-state index in [1.54, 1.807) is 0 Å². The molecule has 1 aliphatic carbocycles. The van der Waals surface area contributed by atoms with Crippen LogP contribution >= 0.6 is 22.7 Å². The third kappa shape index (κ3) is 6.29. The van der Waals surface area contributed by atoms with Gasteiger partial charge < -0.3 is 9.80 Å². The Kier molecular flexibility index (Phi) is 10.2. The average Bonchev–Trinajstić information content (AvgIpc) is 4.02. The van der Waals surface area contributed by atoms with Gasteiger partial charge in [-0.3, -0.25) is 0 Å². The van der Waals surface area contributed by atoms with Crippen molar-refractivity contribution in [2.75, 3.05) is 9.80 Å². The largest absolute Gasteiger partial charge is 0.302 e. The van der Waals surface area contributed by atoms with E-state index < -0.39 is 27.0 Å². The first-order valence-corrected chi connectivity index (χ1v) is 33.0. The van der Waals surface area contributed by atoms with Gasteiger partial charge in [0, 0.05) is 32.5 Å². The number of anilines is 6. The highest BCUT2D eigenvalue weighted by molar-refractivity contribution is 7.18. The molecule has 6 heteroatoms. The number of benzene rings is 8.